The molecular formula is C27H33F3N6O2. The summed E-state index contributed by atoms with van der Waals surface area (Å²) in [5.74, 6) is 2.75. The molecule has 3 heterocycles. The van der Waals surface area contributed by atoms with E-state index in [-0.39, 0.29) is 5.41 Å². The molecule has 1 aromatic carbocycles. The molecule has 0 spiro atoms. The average molecular weight is 531 g/mol. The molecule has 8 nitrogen and oxygen atoms in total. The van der Waals surface area contributed by atoms with Gasteiger partial charge >= 0.3 is 6.18 Å². The summed E-state index contributed by atoms with van der Waals surface area (Å²) in [7, 11) is 1.67. The van der Waals surface area contributed by atoms with Crippen molar-refractivity contribution in [1.82, 2.24) is 25.3 Å². The van der Waals surface area contributed by atoms with E-state index >= 15 is 0 Å². The minimum absolute atomic E-state index is 0.213. The van der Waals surface area contributed by atoms with Crippen molar-refractivity contribution in [2.75, 3.05) is 51.3 Å². The van der Waals surface area contributed by atoms with E-state index in [4.69, 9.17) is 14.2 Å². The van der Waals surface area contributed by atoms with E-state index in [2.05, 4.69) is 32.5 Å². The number of pyridine rings is 1. The molecule has 0 unspecified atom stereocenters. The second kappa shape index (κ2) is 11.3. The summed E-state index contributed by atoms with van der Waals surface area (Å²) in [6, 6.07) is 10.7. The minimum atomic E-state index is -4.37. The number of nitrogens with one attached hydrogen (secondary N) is 1. The number of halogens is 3. The van der Waals surface area contributed by atoms with Crippen LogP contribution in [0.5, 0.6) is 5.75 Å². The van der Waals surface area contributed by atoms with Crippen molar-refractivity contribution >= 4 is 5.82 Å². The van der Waals surface area contributed by atoms with Crippen molar-refractivity contribution in [3.8, 4) is 5.75 Å². The Labute approximate surface area is 220 Å². The number of methoxy groups -OCH3 is 1. The predicted molar refractivity (Wildman–Crippen MR) is 136 cm³/mol. The van der Waals surface area contributed by atoms with Gasteiger partial charge in [-0.25, -0.2) is 4.98 Å². The normalized spacial score (nSPS) is 18.2. The Hall–Kier alpha value is -3.18. The first-order chi connectivity index (χ1) is 18.4. The number of hydrogen-bond acceptors (Lipinski definition) is 8. The number of rotatable bonds is 9. The molecule has 2 fully saturated rings. The molecule has 2 aromatic heterocycles. The molecule has 1 saturated heterocycles. The Kier molecular flexibility index (Phi) is 7.85. The number of benzene rings is 1. The van der Waals surface area contributed by atoms with Crippen LogP contribution in [0.1, 0.15) is 48.5 Å². The van der Waals surface area contributed by atoms with E-state index in [1.54, 1.807) is 7.11 Å². The smallest absolute Gasteiger partial charge is 0.417 e. The van der Waals surface area contributed by atoms with Gasteiger partial charge in [-0.1, -0.05) is 30.1 Å². The van der Waals surface area contributed by atoms with Gasteiger partial charge in [0.15, 0.2) is 5.82 Å². The summed E-state index contributed by atoms with van der Waals surface area (Å²) in [6.45, 7) is 5.20. The van der Waals surface area contributed by atoms with Crippen LogP contribution in [0.4, 0.5) is 19.0 Å². The molecule has 5 rings (SSSR count). The molecule has 2 aliphatic rings. The Morgan fingerprint density at radius 3 is 2.39 bits per heavy atom. The van der Waals surface area contributed by atoms with E-state index in [1.165, 1.54) is 11.6 Å². The van der Waals surface area contributed by atoms with Gasteiger partial charge in [0, 0.05) is 45.5 Å². The van der Waals surface area contributed by atoms with Crippen LogP contribution in [-0.4, -0.2) is 66.4 Å². The molecule has 1 saturated carbocycles. The van der Waals surface area contributed by atoms with Crippen LogP contribution in [0, 0.1) is 0 Å². The molecule has 0 radical (unpaired) electrons. The van der Waals surface area contributed by atoms with Crippen LogP contribution < -0.4 is 15.0 Å². The van der Waals surface area contributed by atoms with E-state index in [0.717, 1.165) is 88.8 Å². The van der Waals surface area contributed by atoms with Gasteiger partial charge in [-0.2, -0.15) is 18.2 Å². The van der Waals surface area contributed by atoms with Crippen LogP contribution in [0.15, 0.2) is 47.1 Å². The zero-order valence-electron chi connectivity index (χ0n) is 21.5. The summed E-state index contributed by atoms with van der Waals surface area (Å²) in [6.07, 6.45) is 0.806. The monoisotopic (exact) mass is 530 g/mol. The Balaban J connectivity index is 1.08. The maximum Gasteiger partial charge on any atom is 0.417 e. The number of alkyl halides is 3. The molecule has 204 valence electrons. The van der Waals surface area contributed by atoms with Gasteiger partial charge in [-0.05, 0) is 42.7 Å². The second-order valence-corrected chi connectivity index (χ2v) is 9.94. The van der Waals surface area contributed by atoms with E-state index in [9.17, 15) is 13.2 Å². The highest BCUT2D eigenvalue weighted by Crippen LogP contribution is 2.45. The van der Waals surface area contributed by atoms with Crippen LogP contribution in [-0.2, 0) is 18.1 Å². The van der Waals surface area contributed by atoms with Gasteiger partial charge in [0.25, 0.3) is 0 Å². The number of piperazine rings is 1. The Morgan fingerprint density at radius 2 is 1.76 bits per heavy atom. The van der Waals surface area contributed by atoms with Crippen LogP contribution >= 0.6 is 0 Å². The lowest BCUT2D eigenvalue weighted by Gasteiger charge is -2.35. The highest BCUT2D eigenvalue weighted by atomic mass is 19.4. The molecular weight excluding hydrogens is 497 g/mol. The van der Waals surface area contributed by atoms with Gasteiger partial charge in [-0.3, -0.25) is 4.90 Å². The maximum absolute atomic E-state index is 12.8. The van der Waals surface area contributed by atoms with Crippen molar-refractivity contribution < 1.29 is 22.4 Å². The summed E-state index contributed by atoms with van der Waals surface area (Å²) in [5.41, 5.74) is 0.260. The van der Waals surface area contributed by atoms with Crippen molar-refractivity contribution in [2.45, 2.75) is 43.8 Å². The van der Waals surface area contributed by atoms with Crippen molar-refractivity contribution in [1.29, 1.82) is 0 Å². The Bertz CT molecular complexity index is 1170. The second-order valence-electron chi connectivity index (χ2n) is 9.94. The summed E-state index contributed by atoms with van der Waals surface area (Å²) in [5, 5.41) is 7.77. The molecule has 0 atom stereocenters. The number of nitrogens with zero attached hydrogens (tertiary/aromatic N) is 5. The lowest BCUT2D eigenvalue weighted by Crippen LogP contribution is -2.48. The van der Waals surface area contributed by atoms with Gasteiger partial charge in [0.05, 0.1) is 24.6 Å². The third kappa shape index (κ3) is 5.78. The minimum Gasteiger partial charge on any atom is -0.497 e. The molecule has 1 N–H and O–H groups in total. The van der Waals surface area contributed by atoms with E-state index in [0.29, 0.717) is 18.3 Å². The first kappa shape index (κ1) is 26.4. The van der Waals surface area contributed by atoms with Gasteiger partial charge in [0.2, 0.25) is 5.89 Å². The molecule has 38 heavy (non-hydrogen) atoms. The zero-order valence-corrected chi connectivity index (χ0v) is 21.5. The molecule has 3 aromatic rings. The molecule has 11 heteroatoms. The number of aromatic nitrogens is 3. The van der Waals surface area contributed by atoms with Crippen LogP contribution in [0.3, 0.4) is 0 Å². The quantitative estimate of drug-likeness (QED) is 0.411. The Morgan fingerprint density at radius 1 is 1.03 bits per heavy atom. The molecule has 0 amide bonds. The van der Waals surface area contributed by atoms with Crippen LogP contribution in [0.2, 0.25) is 0 Å². The van der Waals surface area contributed by atoms with Crippen LogP contribution in [0.25, 0.3) is 0 Å². The average Bonchev–Trinajstić information content (AvgIpc) is 3.62. The summed E-state index contributed by atoms with van der Waals surface area (Å²) in [4.78, 5) is 13.1. The third-order valence-electron chi connectivity index (χ3n) is 7.65. The fourth-order valence-corrected chi connectivity index (χ4v) is 5.42. The largest absolute Gasteiger partial charge is 0.497 e. The van der Waals surface area contributed by atoms with Gasteiger partial charge in [0.1, 0.15) is 11.6 Å². The highest BCUT2D eigenvalue weighted by molar-refractivity contribution is 5.40. The van der Waals surface area contributed by atoms with Gasteiger partial charge in [-0.15, -0.1) is 0 Å². The fraction of sp³-hybridized carbons (Fsp3) is 0.519. The lowest BCUT2D eigenvalue weighted by molar-refractivity contribution is -0.137. The fourth-order valence-electron chi connectivity index (χ4n) is 5.42. The predicted octanol–water partition coefficient (Wildman–Crippen LogP) is 4.26. The molecule has 1 aliphatic heterocycles. The number of ether oxygens (including phenoxy) is 1. The van der Waals surface area contributed by atoms with Crippen molar-refractivity contribution in [3.63, 3.8) is 0 Å². The first-order valence-corrected chi connectivity index (χ1v) is 13.1. The highest BCUT2D eigenvalue weighted by Gasteiger charge is 2.41. The lowest BCUT2D eigenvalue weighted by atomic mass is 9.78. The standard InChI is InChI=1S/C27H33F3N6O2/c1-37-22-7-4-20(5-8-22)26(10-2-3-11-26)25-33-24(38-34-25)19-31-12-13-35-14-16-36(17-15-35)23-9-6-21(18-32-23)27(28,29)30/h4-9,18,31H,2-3,10-17,19H2,1H3. The first-order valence-electron chi connectivity index (χ1n) is 13.1. The number of anilines is 1. The third-order valence-corrected chi connectivity index (χ3v) is 7.65. The van der Waals surface area contributed by atoms with Crippen molar-refractivity contribution in [3.05, 3.63) is 65.4 Å². The topological polar surface area (TPSA) is 79.6 Å². The molecule has 0 bridgehead atoms. The maximum atomic E-state index is 12.8. The summed E-state index contributed by atoms with van der Waals surface area (Å²) >= 11 is 0. The van der Waals surface area contributed by atoms with Crippen molar-refractivity contribution in [2.24, 2.45) is 0 Å². The van der Waals surface area contributed by atoms with E-state index in [1.807, 2.05) is 17.0 Å². The number of hydrogen-bond donors (Lipinski definition) is 1. The summed E-state index contributed by atoms with van der Waals surface area (Å²) < 4.78 is 49.2. The SMILES string of the molecule is COc1ccc(C2(c3noc(CNCCN4CCN(c5ccc(C(F)(F)F)cn5)CC4)n3)CCCC2)cc1. The van der Waals surface area contributed by atoms with Gasteiger partial charge < -0.3 is 19.5 Å². The van der Waals surface area contributed by atoms with E-state index < -0.39 is 11.7 Å². The zero-order chi connectivity index (χ0) is 26.6. The molecule has 1 aliphatic carbocycles.